The molecule has 2 aromatic carbocycles. The van der Waals surface area contributed by atoms with Gasteiger partial charge in [0.1, 0.15) is 5.75 Å². The maximum Gasteiger partial charge on any atom is 0.416 e. The van der Waals surface area contributed by atoms with Gasteiger partial charge in [-0.1, -0.05) is 24.3 Å². The van der Waals surface area contributed by atoms with E-state index in [1.165, 1.54) is 19.2 Å². The average Bonchev–Trinajstić information content (AvgIpc) is 2.65. The Morgan fingerprint density at radius 2 is 1.85 bits per heavy atom. The number of halogens is 3. The van der Waals surface area contributed by atoms with Gasteiger partial charge in [-0.15, -0.1) is 0 Å². The van der Waals surface area contributed by atoms with Crippen LogP contribution in [0.4, 0.5) is 13.2 Å². The Kier molecular flexibility index (Phi) is 6.63. The predicted molar refractivity (Wildman–Crippen MR) is 97.4 cm³/mol. The molecule has 2 N–H and O–H groups in total. The summed E-state index contributed by atoms with van der Waals surface area (Å²) in [5.41, 5.74) is 0.840. The van der Waals surface area contributed by atoms with E-state index in [0.717, 1.165) is 12.1 Å². The van der Waals surface area contributed by atoms with Gasteiger partial charge in [0.05, 0.1) is 19.3 Å². The Morgan fingerprint density at radius 1 is 1.19 bits per heavy atom. The first-order valence-corrected chi connectivity index (χ1v) is 8.19. The van der Waals surface area contributed by atoms with Crippen molar-refractivity contribution in [1.82, 2.24) is 5.32 Å². The van der Waals surface area contributed by atoms with E-state index in [-0.39, 0.29) is 18.6 Å². The fourth-order valence-electron chi connectivity index (χ4n) is 2.33. The van der Waals surface area contributed by atoms with Gasteiger partial charge < -0.3 is 15.2 Å². The minimum Gasteiger partial charge on any atom is -0.496 e. The summed E-state index contributed by atoms with van der Waals surface area (Å²) in [6.45, 7) is 1.50. The zero-order valence-electron chi connectivity index (χ0n) is 14.9. The lowest BCUT2D eigenvalue weighted by Crippen LogP contribution is -2.34. The third kappa shape index (κ3) is 5.59. The molecule has 0 radical (unpaired) electrons. The Morgan fingerprint density at radius 3 is 2.41 bits per heavy atom. The van der Waals surface area contributed by atoms with Gasteiger partial charge in [0.15, 0.2) is 0 Å². The number of rotatable bonds is 6. The molecule has 0 bridgehead atoms. The molecule has 0 aliphatic carbocycles. The number of hydrogen-bond donors (Lipinski definition) is 2. The number of carbonyl (C=O) groups is 1. The molecule has 0 saturated carbocycles. The molecule has 2 rings (SSSR count). The number of amides is 1. The van der Waals surface area contributed by atoms with Crippen LogP contribution in [0.2, 0.25) is 0 Å². The van der Waals surface area contributed by atoms with Crippen molar-refractivity contribution in [2.75, 3.05) is 13.7 Å². The highest BCUT2D eigenvalue weighted by Crippen LogP contribution is 2.29. The molecule has 0 aliphatic rings. The number of ether oxygens (including phenoxy) is 1. The number of carbonyl (C=O) groups excluding carboxylic acids is 1. The van der Waals surface area contributed by atoms with Gasteiger partial charge in [0.25, 0.3) is 5.91 Å². The molecule has 27 heavy (non-hydrogen) atoms. The van der Waals surface area contributed by atoms with Crippen molar-refractivity contribution >= 4 is 18.1 Å². The summed E-state index contributed by atoms with van der Waals surface area (Å²) in [6.07, 6.45) is -1.08. The van der Waals surface area contributed by atoms with Gasteiger partial charge in [-0.3, -0.25) is 4.79 Å². The topological polar surface area (TPSA) is 58.6 Å². The van der Waals surface area contributed by atoms with Crippen molar-refractivity contribution in [1.29, 1.82) is 0 Å². The first-order valence-electron chi connectivity index (χ1n) is 8.19. The second-order valence-corrected chi connectivity index (χ2v) is 5.97. The van der Waals surface area contributed by atoms with Crippen molar-refractivity contribution in [3.63, 3.8) is 0 Å². The third-order valence-electron chi connectivity index (χ3n) is 3.84. The first-order chi connectivity index (χ1) is 12.7. The van der Waals surface area contributed by atoms with Crippen molar-refractivity contribution in [2.24, 2.45) is 0 Å². The smallest absolute Gasteiger partial charge is 0.416 e. The zero-order chi connectivity index (χ0) is 20.0. The molecule has 0 aliphatic heterocycles. The second-order valence-electron chi connectivity index (χ2n) is 5.97. The van der Waals surface area contributed by atoms with Crippen LogP contribution in [-0.2, 0) is 6.18 Å². The summed E-state index contributed by atoms with van der Waals surface area (Å²) in [6, 6.07) is 9.20. The lowest BCUT2D eigenvalue weighted by Gasteiger charge is -2.12. The summed E-state index contributed by atoms with van der Waals surface area (Å²) in [7, 11) is 1.48. The van der Waals surface area contributed by atoms with Gasteiger partial charge in [0.2, 0.25) is 0 Å². The number of aliphatic hydroxyl groups excluding tert-OH is 1. The van der Waals surface area contributed by atoms with Crippen LogP contribution in [-0.4, -0.2) is 30.8 Å². The summed E-state index contributed by atoms with van der Waals surface area (Å²) in [5.74, 6) is 0.174. The molecule has 0 saturated heterocycles. The number of hydrogen-bond acceptors (Lipinski definition) is 3. The molecule has 0 heterocycles. The molecule has 7 heteroatoms. The fourth-order valence-corrected chi connectivity index (χ4v) is 2.33. The standard InChI is InChI=1S/C20H20F3NO3/c1-13(12-25)24-19(26)16-7-10-18(27-2)15(11-16)6-3-14-4-8-17(9-5-14)20(21,22)23/h3-11,13,25H,12H2,1-2H3,(H,24,26). The van der Waals surface area contributed by atoms with E-state index < -0.39 is 11.7 Å². The minimum absolute atomic E-state index is 0.178. The van der Waals surface area contributed by atoms with Crippen LogP contribution in [0.5, 0.6) is 5.75 Å². The number of benzene rings is 2. The van der Waals surface area contributed by atoms with Crippen LogP contribution >= 0.6 is 0 Å². The number of aliphatic hydroxyl groups is 1. The van der Waals surface area contributed by atoms with E-state index >= 15 is 0 Å². The summed E-state index contributed by atoms with van der Waals surface area (Å²) in [5, 5.41) is 11.7. The molecule has 0 aromatic heterocycles. The highest BCUT2D eigenvalue weighted by atomic mass is 19.4. The van der Waals surface area contributed by atoms with Gasteiger partial charge in [-0.2, -0.15) is 13.2 Å². The molecular formula is C20H20F3NO3. The highest BCUT2D eigenvalue weighted by molar-refractivity contribution is 5.95. The molecule has 0 fully saturated rings. The molecular weight excluding hydrogens is 359 g/mol. The maximum atomic E-state index is 12.6. The Labute approximate surface area is 155 Å². The normalized spacial score (nSPS) is 12.8. The quantitative estimate of drug-likeness (QED) is 0.746. The van der Waals surface area contributed by atoms with E-state index in [4.69, 9.17) is 9.84 Å². The number of methoxy groups -OCH3 is 1. The van der Waals surface area contributed by atoms with Crippen LogP contribution < -0.4 is 10.1 Å². The van der Waals surface area contributed by atoms with Crippen molar-refractivity contribution in [2.45, 2.75) is 19.1 Å². The van der Waals surface area contributed by atoms with Gasteiger partial charge in [-0.25, -0.2) is 0 Å². The van der Waals surface area contributed by atoms with Crippen molar-refractivity contribution in [3.05, 3.63) is 64.7 Å². The second kappa shape index (κ2) is 8.73. The largest absolute Gasteiger partial charge is 0.496 e. The van der Waals surface area contributed by atoms with E-state index in [1.54, 1.807) is 37.3 Å². The molecule has 2 aromatic rings. The monoisotopic (exact) mass is 379 g/mol. The predicted octanol–water partition coefficient (Wildman–Crippen LogP) is 4.00. The van der Waals surface area contributed by atoms with Crippen LogP contribution in [0.1, 0.15) is 34.0 Å². The van der Waals surface area contributed by atoms with E-state index in [1.807, 2.05) is 0 Å². The first kappa shape index (κ1) is 20.5. The van der Waals surface area contributed by atoms with Gasteiger partial charge >= 0.3 is 6.18 Å². The van der Waals surface area contributed by atoms with Crippen LogP contribution in [0.3, 0.4) is 0 Å². The molecule has 1 unspecified atom stereocenters. The van der Waals surface area contributed by atoms with Crippen molar-refractivity contribution < 1.29 is 27.8 Å². The average molecular weight is 379 g/mol. The lowest BCUT2D eigenvalue weighted by molar-refractivity contribution is -0.137. The summed E-state index contributed by atoms with van der Waals surface area (Å²) < 4.78 is 43.1. The maximum absolute atomic E-state index is 12.6. The zero-order valence-corrected chi connectivity index (χ0v) is 14.9. The molecule has 0 spiro atoms. The summed E-state index contributed by atoms with van der Waals surface area (Å²) in [4.78, 5) is 12.2. The Hall–Kier alpha value is -2.80. The number of nitrogens with one attached hydrogen (secondary N) is 1. The van der Waals surface area contributed by atoms with Crippen LogP contribution in [0.25, 0.3) is 12.2 Å². The van der Waals surface area contributed by atoms with Crippen molar-refractivity contribution in [3.8, 4) is 5.75 Å². The van der Waals surface area contributed by atoms with Crippen LogP contribution in [0, 0.1) is 0 Å². The minimum atomic E-state index is -4.38. The molecule has 1 amide bonds. The SMILES string of the molecule is COc1ccc(C(=O)NC(C)CO)cc1C=Cc1ccc(C(F)(F)F)cc1. The van der Waals surface area contributed by atoms with Gasteiger partial charge in [-0.05, 0) is 42.8 Å². The molecule has 1 atom stereocenters. The molecule has 144 valence electrons. The van der Waals surface area contributed by atoms with E-state index in [0.29, 0.717) is 22.4 Å². The van der Waals surface area contributed by atoms with Crippen LogP contribution in [0.15, 0.2) is 42.5 Å². The highest BCUT2D eigenvalue weighted by Gasteiger charge is 2.29. The van der Waals surface area contributed by atoms with E-state index in [2.05, 4.69) is 5.32 Å². The van der Waals surface area contributed by atoms with Gasteiger partial charge in [0, 0.05) is 17.2 Å². The lowest BCUT2D eigenvalue weighted by atomic mass is 10.1. The fraction of sp³-hybridized carbons (Fsp3) is 0.250. The Balaban J connectivity index is 2.24. The molecule has 4 nitrogen and oxygen atoms in total. The number of alkyl halides is 3. The van der Waals surface area contributed by atoms with E-state index in [9.17, 15) is 18.0 Å². The third-order valence-corrected chi connectivity index (χ3v) is 3.84. The summed E-state index contributed by atoms with van der Waals surface area (Å²) >= 11 is 0. The Bertz CT molecular complexity index is 814.